The second-order valence-corrected chi connectivity index (χ2v) is 10.1. The van der Waals surface area contributed by atoms with Crippen LogP contribution in [0.25, 0.3) is 0 Å². The van der Waals surface area contributed by atoms with Gasteiger partial charge in [0, 0.05) is 22.0 Å². The van der Waals surface area contributed by atoms with Crippen LogP contribution in [0.5, 0.6) is 0 Å². The van der Waals surface area contributed by atoms with Gasteiger partial charge >= 0.3 is 5.97 Å². The van der Waals surface area contributed by atoms with Crippen molar-refractivity contribution < 1.29 is 31.9 Å². The molecule has 8 nitrogen and oxygen atoms in total. The molecule has 0 aliphatic carbocycles. The van der Waals surface area contributed by atoms with Crippen molar-refractivity contribution in [1.82, 2.24) is 4.31 Å². The van der Waals surface area contributed by atoms with E-state index in [1.807, 2.05) is 0 Å². The Morgan fingerprint density at radius 3 is 2.52 bits per heavy atom. The van der Waals surface area contributed by atoms with Crippen molar-refractivity contribution >= 4 is 59.4 Å². The zero-order chi connectivity index (χ0) is 22.6. The monoisotopic (exact) mass is 578 g/mol. The normalized spacial score (nSPS) is 14.8. The van der Waals surface area contributed by atoms with Crippen molar-refractivity contribution in [2.75, 3.05) is 38.2 Å². The van der Waals surface area contributed by atoms with Crippen LogP contribution in [0.1, 0.15) is 10.4 Å². The van der Waals surface area contributed by atoms with Gasteiger partial charge in [-0.05, 0) is 52.3 Å². The number of esters is 1. The van der Waals surface area contributed by atoms with E-state index in [2.05, 4.69) is 37.2 Å². The largest absolute Gasteiger partial charge is 0.452 e. The summed E-state index contributed by atoms with van der Waals surface area (Å²) in [6.07, 6.45) is 0. The van der Waals surface area contributed by atoms with Crippen LogP contribution in [0, 0.1) is 5.82 Å². The lowest BCUT2D eigenvalue weighted by Gasteiger charge is -2.26. The number of anilines is 1. The fraction of sp³-hybridized carbons (Fsp3) is 0.263. The first-order valence-corrected chi connectivity index (χ1v) is 12.0. The van der Waals surface area contributed by atoms with E-state index in [1.54, 1.807) is 18.2 Å². The fourth-order valence-electron chi connectivity index (χ4n) is 2.74. The number of carbonyl (C=O) groups is 2. The van der Waals surface area contributed by atoms with Gasteiger partial charge < -0.3 is 14.8 Å². The predicted octanol–water partition coefficient (Wildman–Crippen LogP) is 3.17. The smallest absolute Gasteiger partial charge is 0.341 e. The van der Waals surface area contributed by atoms with Gasteiger partial charge in [0.05, 0.1) is 29.4 Å². The van der Waals surface area contributed by atoms with E-state index < -0.39 is 39.9 Å². The Balaban J connectivity index is 1.68. The Hall–Kier alpha value is -1.86. The molecule has 1 fully saturated rings. The Kier molecular flexibility index (Phi) is 7.81. The van der Waals surface area contributed by atoms with Crippen LogP contribution >= 0.6 is 31.9 Å². The number of sulfonamides is 1. The average Bonchev–Trinajstić information content (AvgIpc) is 2.75. The van der Waals surface area contributed by atoms with Gasteiger partial charge in [-0.15, -0.1) is 0 Å². The number of ether oxygens (including phenoxy) is 2. The Morgan fingerprint density at radius 1 is 1.13 bits per heavy atom. The lowest BCUT2D eigenvalue weighted by atomic mass is 10.2. The van der Waals surface area contributed by atoms with Gasteiger partial charge in [0.2, 0.25) is 10.0 Å². The molecule has 1 aliphatic rings. The molecule has 1 heterocycles. The maximum atomic E-state index is 14.2. The molecule has 2 aromatic rings. The molecule has 0 spiro atoms. The highest BCUT2D eigenvalue weighted by Crippen LogP contribution is 2.26. The van der Waals surface area contributed by atoms with Crippen LogP contribution in [-0.4, -0.2) is 57.5 Å². The molecule has 3 rings (SSSR count). The highest BCUT2D eigenvalue weighted by atomic mass is 79.9. The standard InChI is InChI=1S/C19H17Br2FN2O6S/c20-12-1-4-17(15(21)9-12)23-18(25)11-30-19(26)14-10-13(2-3-16(14)22)31(27,28)24-5-7-29-8-6-24/h1-4,9-10H,5-8,11H2,(H,23,25). The Bertz CT molecular complexity index is 1110. The molecular formula is C19H17Br2FN2O6S. The molecule has 12 heteroatoms. The third-order valence-electron chi connectivity index (χ3n) is 4.31. The van der Waals surface area contributed by atoms with Gasteiger partial charge in [-0.1, -0.05) is 15.9 Å². The minimum Gasteiger partial charge on any atom is -0.452 e. The third-order valence-corrected chi connectivity index (χ3v) is 7.35. The van der Waals surface area contributed by atoms with Gasteiger partial charge in [0.15, 0.2) is 6.61 Å². The molecule has 0 aromatic heterocycles. The van der Waals surface area contributed by atoms with Gasteiger partial charge in [0.25, 0.3) is 5.91 Å². The second-order valence-electron chi connectivity index (χ2n) is 6.41. The van der Waals surface area contributed by atoms with E-state index in [0.717, 1.165) is 22.7 Å². The van der Waals surface area contributed by atoms with Crippen LogP contribution in [0.4, 0.5) is 10.1 Å². The molecule has 0 radical (unpaired) electrons. The van der Waals surface area contributed by atoms with E-state index in [0.29, 0.717) is 10.2 Å². The molecular weight excluding hydrogens is 563 g/mol. The molecule has 166 valence electrons. The van der Waals surface area contributed by atoms with E-state index >= 15 is 0 Å². The van der Waals surface area contributed by atoms with Crippen molar-refractivity contribution in [1.29, 1.82) is 0 Å². The van der Waals surface area contributed by atoms with Gasteiger partial charge in [-0.2, -0.15) is 4.31 Å². The van der Waals surface area contributed by atoms with Gasteiger partial charge in [-0.25, -0.2) is 17.6 Å². The van der Waals surface area contributed by atoms with Crippen LogP contribution < -0.4 is 5.32 Å². The van der Waals surface area contributed by atoms with Crippen molar-refractivity contribution in [3.05, 3.63) is 56.7 Å². The lowest BCUT2D eigenvalue weighted by molar-refractivity contribution is -0.119. The Labute approximate surface area is 195 Å². The SMILES string of the molecule is O=C(COC(=O)c1cc(S(=O)(=O)N2CCOCC2)ccc1F)Nc1ccc(Br)cc1Br. The minimum absolute atomic E-state index is 0.158. The summed E-state index contributed by atoms with van der Waals surface area (Å²) in [5, 5.41) is 2.55. The van der Waals surface area contributed by atoms with E-state index in [4.69, 9.17) is 9.47 Å². The predicted molar refractivity (Wildman–Crippen MR) is 117 cm³/mol. The summed E-state index contributed by atoms with van der Waals surface area (Å²) in [6, 6.07) is 7.93. The summed E-state index contributed by atoms with van der Waals surface area (Å²) in [4.78, 5) is 24.1. The number of morpholine rings is 1. The summed E-state index contributed by atoms with van der Waals surface area (Å²) in [6.45, 7) is 0.135. The molecule has 1 saturated heterocycles. The first kappa shape index (κ1) is 23.8. The molecule has 0 bridgehead atoms. The number of nitrogens with zero attached hydrogens (tertiary/aromatic N) is 1. The van der Waals surface area contributed by atoms with Gasteiger partial charge in [-0.3, -0.25) is 4.79 Å². The topological polar surface area (TPSA) is 102 Å². The van der Waals surface area contributed by atoms with Crippen molar-refractivity contribution in [3.8, 4) is 0 Å². The van der Waals surface area contributed by atoms with Gasteiger partial charge in [0.1, 0.15) is 5.82 Å². The number of hydrogen-bond donors (Lipinski definition) is 1. The van der Waals surface area contributed by atoms with Crippen molar-refractivity contribution in [3.63, 3.8) is 0 Å². The zero-order valence-corrected chi connectivity index (χ0v) is 19.9. The number of amides is 1. The van der Waals surface area contributed by atoms with Crippen LogP contribution in [-0.2, 0) is 24.3 Å². The number of carbonyl (C=O) groups excluding carboxylic acids is 2. The number of halogens is 3. The highest BCUT2D eigenvalue weighted by Gasteiger charge is 2.28. The molecule has 0 atom stereocenters. The third kappa shape index (κ3) is 5.89. The van der Waals surface area contributed by atoms with Crippen LogP contribution in [0.2, 0.25) is 0 Å². The zero-order valence-electron chi connectivity index (χ0n) is 15.9. The minimum atomic E-state index is -3.92. The van der Waals surface area contributed by atoms with E-state index in [9.17, 15) is 22.4 Å². The molecule has 1 amide bonds. The van der Waals surface area contributed by atoms with Crippen molar-refractivity contribution in [2.45, 2.75) is 4.90 Å². The van der Waals surface area contributed by atoms with Crippen molar-refractivity contribution in [2.24, 2.45) is 0 Å². The molecule has 1 aliphatic heterocycles. The first-order chi connectivity index (χ1) is 14.7. The maximum Gasteiger partial charge on any atom is 0.341 e. The maximum absolute atomic E-state index is 14.2. The summed E-state index contributed by atoms with van der Waals surface area (Å²) in [7, 11) is -3.92. The van der Waals surface area contributed by atoms with E-state index in [-0.39, 0.29) is 31.2 Å². The average molecular weight is 580 g/mol. The van der Waals surface area contributed by atoms with E-state index in [1.165, 1.54) is 4.31 Å². The van der Waals surface area contributed by atoms with Crippen LogP contribution in [0.3, 0.4) is 0 Å². The summed E-state index contributed by atoms with van der Waals surface area (Å²) in [5.74, 6) is -2.75. The summed E-state index contributed by atoms with van der Waals surface area (Å²) >= 11 is 6.58. The van der Waals surface area contributed by atoms with Crippen LogP contribution in [0.15, 0.2) is 50.2 Å². The Morgan fingerprint density at radius 2 is 1.84 bits per heavy atom. The number of benzene rings is 2. The quantitative estimate of drug-likeness (QED) is 0.528. The highest BCUT2D eigenvalue weighted by molar-refractivity contribution is 9.11. The number of nitrogens with one attached hydrogen (secondary N) is 1. The second kappa shape index (κ2) is 10.2. The molecule has 2 aromatic carbocycles. The summed E-state index contributed by atoms with van der Waals surface area (Å²) in [5.41, 5.74) is -0.124. The number of hydrogen-bond acceptors (Lipinski definition) is 6. The molecule has 31 heavy (non-hydrogen) atoms. The number of rotatable bonds is 6. The molecule has 1 N–H and O–H groups in total. The molecule has 0 unspecified atom stereocenters. The summed E-state index contributed by atoms with van der Waals surface area (Å²) < 4.78 is 52.2. The first-order valence-electron chi connectivity index (χ1n) is 8.98. The lowest BCUT2D eigenvalue weighted by Crippen LogP contribution is -2.40. The fourth-order valence-corrected chi connectivity index (χ4v) is 5.32. The molecule has 0 saturated carbocycles.